The smallest absolute Gasteiger partial charge is 0.303 e. The van der Waals surface area contributed by atoms with Crippen LogP contribution < -0.4 is 5.32 Å². The molecule has 1 fully saturated rings. The van der Waals surface area contributed by atoms with Crippen LogP contribution in [-0.4, -0.2) is 38.9 Å². The van der Waals surface area contributed by atoms with Gasteiger partial charge in [-0.2, -0.15) is 0 Å². The van der Waals surface area contributed by atoms with Crippen molar-refractivity contribution in [2.75, 3.05) is 11.1 Å². The number of aromatic amines is 1. The minimum atomic E-state index is -0.762. The van der Waals surface area contributed by atoms with Crippen molar-refractivity contribution < 1.29 is 9.90 Å². The van der Waals surface area contributed by atoms with Crippen molar-refractivity contribution in [1.29, 1.82) is 0 Å². The number of H-pyrrole nitrogens is 1. The Bertz CT molecular complexity index is 858. The molecule has 0 radical (unpaired) electrons. The number of carbonyl (C=O) groups is 1. The Labute approximate surface area is 161 Å². The number of carboxylic acids is 1. The van der Waals surface area contributed by atoms with Gasteiger partial charge < -0.3 is 15.4 Å². The molecular formula is C19H22ClN3O2S. The number of hydrogen-bond acceptors (Lipinski definition) is 4. The fraction of sp³-hybridized carbons (Fsp3) is 0.474. The molecule has 7 heteroatoms. The molecule has 1 saturated carbocycles. The van der Waals surface area contributed by atoms with Gasteiger partial charge >= 0.3 is 5.97 Å². The number of thioether (sulfide) groups is 1. The van der Waals surface area contributed by atoms with Crippen molar-refractivity contribution in [3.8, 4) is 0 Å². The Kier molecular flexibility index (Phi) is 5.14. The second-order valence-electron chi connectivity index (χ2n) is 7.06. The van der Waals surface area contributed by atoms with Gasteiger partial charge in [-0.3, -0.25) is 9.79 Å². The molecule has 2 aliphatic rings. The van der Waals surface area contributed by atoms with Gasteiger partial charge in [-0.05, 0) is 37.5 Å². The highest BCUT2D eigenvalue weighted by atomic mass is 35.5. The van der Waals surface area contributed by atoms with E-state index < -0.39 is 5.97 Å². The fourth-order valence-corrected chi connectivity index (χ4v) is 5.03. The molecule has 0 spiro atoms. The van der Waals surface area contributed by atoms with E-state index in [1.54, 1.807) is 11.8 Å². The van der Waals surface area contributed by atoms with Crippen molar-refractivity contribution in [1.82, 2.24) is 4.98 Å². The molecule has 4 rings (SSSR count). The number of carboxylic acid groups (broad SMARTS) is 1. The summed E-state index contributed by atoms with van der Waals surface area (Å²) in [6.07, 6.45) is 5.72. The van der Waals surface area contributed by atoms with Crippen LogP contribution in [0.4, 0.5) is 5.69 Å². The number of nitrogens with one attached hydrogen (secondary N) is 2. The lowest BCUT2D eigenvalue weighted by atomic mass is 10.2. The van der Waals surface area contributed by atoms with Crippen LogP contribution in [0.25, 0.3) is 10.9 Å². The lowest BCUT2D eigenvalue weighted by Crippen LogP contribution is -2.14. The largest absolute Gasteiger partial charge is 0.481 e. The SMILES string of the molecule is O=C(O)CC[C@@H]1CSC(c2cc3cc(Cl)cc(NC4CCCC4)c3[nH]2)=N1. The van der Waals surface area contributed by atoms with Crippen LogP contribution in [0.15, 0.2) is 23.2 Å². The molecule has 1 aromatic carbocycles. The molecular weight excluding hydrogens is 370 g/mol. The van der Waals surface area contributed by atoms with Crippen molar-refractivity contribution in [2.45, 2.75) is 50.6 Å². The zero-order valence-electron chi connectivity index (χ0n) is 14.4. The monoisotopic (exact) mass is 391 g/mol. The average Bonchev–Trinajstić information content (AvgIpc) is 3.32. The summed E-state index contributed by atoms with van der Waals surface area (Å²) in [7, 11) is 0. The molecule has 2 heterocycles. The number of aliphatic carboxylic acids is 1. The normalized spacial score (nSPS) is 20.7. The van der Waals surface area contributed by atoms with Crippen molar-refractivity contribution >= 4 is 51.0 Å². The molecule has 0 bridgehead atoms. The molecule has 3 N–H and O–H groups in total. The third-order valence-electron chi connectivity index (χ3n) is 5.04. The highest BCUT2D eigenvalue weighted by molar-refractivity contribution is 8.14. The van der Waals surface area contributed by atoms with Crippen molar-refractivity contribution in [3.05, 3.63) is 28.9 Å². The van der Waals surface area contributed by atoms with E-state index in [1.165, 1.54) is 25.7 Å². The van der Waals surface area contributed by atoms with E-state index in [0.717, 1.165) is 38.1 Å². The van der Waals surface area contributed by atoms with Gasteiger partial charge in [-0.25, -0.2) is 0 Å². The topological polar surface area (TPSA) is 77.5 Å². The van der Waals surface area contributed by atoms with Crippen LogP contribution in [0.3, 0.4) is 0 Å². The number of aliphatic imine (C=N–C) groups is 1. The number of halogens is 1. The van der Waals surface area contributed by atoms with Crippen LogP contribution in [0.2, 0.25) is 5.02 Å². The van der Waals surface area contributed by atoms with Gasteiger partial charge in [0, 0.05) is 28.6 Å². The molecule has 2 aromatic rings. The lowest BCUT2D eigenvalue weighted by Gasteiger charge is -2.14. The third kappa shape index (κ3) is 3.86. The lowest BCUT2D eigenvalue weighted by molar-refractivity contribution is -0.137. The van der Waals surface area contributed by atoms with Crippen LogP contribution >= 0.6 is 23.4 Å². The molecule has 138 valence electrons. The fourth-order valence-electron chi connectivity index (χ4n) is 3.73. The Balaban J connectivity index is 1.59. The van der Waals surface area contributed by atoms with E-state index in [9.17, 15) is 4.79 Å². The van der Waals surface area contributed by atoms with E-state index >= 15 is 0 Å². The zero-order valence-corrected chi connectivity index (χ0v) is 16.0. The molecule has 1 aromatic heterocycles. The first-order chi connectivity index (χ1) is 12.6. The Morgan fingerprint density at radius 3 is 2.92 bits per heavy atom. The predicted molar refractivity (Wildman–Crippen MR) is 109 cm³/mol. The maximum absolute atomic E-state index is 10.8. The van der Waals surface area contributed by atoms with Gasteiger partial charge in [0.1, 0.15) is 5.04 Å². The summed E-state index contributed by atoms with van der Waals surface area (Å²) in [4.78, 5) is 19.0. The summed E-state index contributed by atoms with van der Waals surface area (Å²) in [6.45, 7) is 0. The van der Waals surface area contributed by atoms with E-state index in [4.69, 9.17) is 21.7 Å². The van der Waals surface area contributed by atoms with Crippen LogP contribution in [-0.2, 0) is 4.79 Å². The molecule has 1 aliphatic heterocycles. The minimum Gasteiger partial charge on any atom is -0.481 e. The van der Waals surface area contributed by atoms with Gasteiger partial charge in [0.05, 0.1) is 22.9 Å². The maximum atomic E-state index is 10.8. The highest BCUT2D eigenvalue weighted by Gasteiger charge is 2.22. The number of nitrogens with zero attached hydrogens (tertiary/aromatic N) is 1. The summed E-state index contributed by atoms with van der Waals surface area (Å²) in [6, 6.07) is 6.65. The Morgan fingerprint density at radius 1 is 1.35 bits per heavy atom. The van der Waals surface area contributed by atoms with Crippen molar-refractivity contribution in [3.63, 3.8) is 0 Å². The number of anilines is 1. The van der Waals surface area contributed by atoms with E-state index in [1.807, 2.05) is 12.1 Å². The summed E-state index contributed by atoms with van der Waals surface area (Å²) in [5.74, 6) is 0.0767. The van der Waals surface area contributed by atoms with E-state index in [0.29, 0.717) is 12.5 Å². The van der Waals surface area contributed by atoms with Gasteiger partial charge in [-0.15, -0.1) is 11.8 Å². The molecule has 0 unspecified atom stereocenters. The molecule has 0 saturated heterocycles. The van der Waals surface area contributed by atoms with Gasteiger partial charge in [0.25, 0.3) is 0 Å². The molecule has 0 amide bonds. The van der Waals surface area contributed by atoms with Gasteiger partial charge in [0.15, 0.2) is 0 Å². The van der Waals surface area contributed by atoms with Crippen LogP contribution in [0.5, 0.6) is 0 Å². The van der Waals surface area contributed by atoms with Gasteiger partial charge in [-0.1, -0.05) is 24.4 Å². The van der Waals surface area contributed by atoms with Crippen molar-refractivity contribution in [2.24, 2.45) is 4.99 Å². The second kappa shape index (κ2) is 7.53. The number of benzene rings is 1. The average molecular weight is 392 g/mol. The zero-order chi connectivity index (χ0) is 18.1. The number of fused-ring (bicyclic) bond motifs is 1. The van der Waals surface area contributed by atoms with E-state index in [-0.39, 0.29) is 12.5 Å². The number of rotatable bonds is 6. The standard InChI is InChI=1S/C19H22ClN3O2S/c20-12-7-11-8-16(19-22-14(10-26-19)5-6-17(24)25)23-18(11)15(9-12)21-13-3-1-2-4-13/h7-9,13-14,21,23H,1-6,10H2,(H,24,25)/t14-/m1/s1. The predicted octanol–water partition coefficient (Wildman–Crippen LogP) is 4.90. The summed E-state index contributed by atoms with van der Waals surface area (Å²) >= 11 is 8.01. The quantitative estimate of drug-likeness (QED) is 0.654. The number of hydrogen-bond donors (Lipinski definition) is 3. The van der Waals surface area contributed by atoms with Gasteiger partial charge in [0.2, 0.25) is 0 Å². The first-order valence-electron chi connectivity index (χ1n) is 9.10. The molecule has 1 aliphatic carbocycles. The highest BCUT2D eigenvalue weighted by Crippen LogP contribution is 2.33. The first-order valence-corrected chi connectivity index (χ1v) is 10.5. The van der Waals surface area contributed by atoms with Crippen LogP contribution in [0, 0.1) is 0 Å². The summed E-state index contributed by atoms with van der Waals surface area (Å²) in [5, 5.41) is 15.2. The maximum Gasteiger partial charge on any atom is 0.303 e. The third-order valence-corrected chi connectivity index (χ3v) is 6.41. The molecule has 1 atom stereocenters. The second-order valence-corrected chi connectivity index (χ2v) is 8.50. The summed E-state index contributed by atoms with van der Waals surface area (Å²) < 4.78 is 0. The Morgan fingerprint density at radius 2 is 2.15 bits per heavy atom. The van der Waals surface area contributed by atoms with E-state index in [2.05, 4.69) is 16.4 Å². The Hall–Kier alpha value is -1.66. The summed E-state index contributed by atoms with van der Waals surface area (Å²) in [5.41, 5.74) is 3.10. The molecule has 5 nitrogen and oxygen atoms in total. The number of aromatic nitrogens is 1. The first kappa shape index (κ1) is 17.7. The van der Waals surface area contributed by atoms with Crippen LogP contribution in [0.1, 0.15) is 44.2 Å². The minimum absolute atomic E-state index is 0.0807. The molecule has 26 heavy (non-hydrogen) atoms.